The Bertz CT molecular complexity index is 856. The van der Waals surface area contributed by atoms with E-state index in [2.05, 4.69) is 15.6 Å². The van der Waals surface area contributed by atoms with Gasteiger partial charge in [0.25, 0.3) is 5.91 Å². The van der Waals surface area contributed by atoms with E-state index in [1.165, 1.54) is 0 Å². The monoisotopic (exact) mass is 396 g/mol. The number of likely N-dealkylation sites (tertiary alicyclic amines) is 1. The summed E-state index contributed by atoms with van der Waals surface area (Å²) in [6.07, 6.45) is 2.99. The summed E-state index contributed by atoms with van der Waals surface area (Å²) >= 11 is 0. The average molecular weight is 396 g/mol. The lowest BCUT2D eigenvalue weighted by Crippen LogP contribution is -2.42. The van der Waals surface area contributed by atoms with Crippen LogP contribution in [-0.4, -0.2) is 47.6 Å². The molecule has 0 aliphatic carbocycles. The van der Waals surface area contributed by atoms with Gasteiger partial charge in [-0.2, -0.15) is 0 Å². The van der Waals surface area contributed by atoms with E-state index in [-0.39, 0.29) is 18.0 Å². The number of aryl methyl sites for hydroxylation is 2. The van der Waals surface area contributed by atoms with E-state index in [0.717, 1.165) is 29.7 Å². The highest BCUT2D eigenvalue weighted by molar-refractivity contribution is 6.05. The SMILES string of the molecule is CCOC(=O)N1CCC(Nc2cc(C(=O)Nc3c(C)cccc3C)ccn2)CC1. The van der Waals surface area contributed by atoms with Gasteiger partial charge in [0.15, 0.2) is 0 Å². The largest absolute Gasteiger partial charge is 0.450 e. The van der Waals surface area contributed by atoms with E-state index in [9.17, 15) is 9.59 Å². The molecule has 1 aromatic carbocycles. The first kappa shape index (κ1) is 20.6. The summed E-state index contributed by atoms with van der Waals surface area (Å²) in [5.74, 6) is 0.499. The number of carbonyl (C=O) groups excluding carboxylic acids is 2. The Hall–Kier alpha value is -3.09. The molecule has 0 unspecified atom stereocenters. The highest BCUT2D eigenvalue weighted by atomic mass is 16.6. The van der Waals surface area contributed by atoms with Gasteiger partial charge in [-0.1, -0.05) is 18.2 Å². The predicted molar refractivity (Wildman–Crippen MR) is 113 cm³/mol. The summed E-state index contributed by atoms with van der Waals surface area (Å²) in [6, 6.07) is 9.60. The maximum absolute atomic E-state index is 12.7. The first-order valence-electron chi connectivity index (χ1n) is 9.99. The van der Waals surface area contributed by atoms with E-state index in [4.69, 9.17) is 4.74 Å². The number of aromatic nitrogens is 1. The van der Waals surface area contributed by atoms with Crippen molar-refractivity contribution in [2.45, 2.75) is 39.7 Å². The molecule has 29 heavy (non-hydrogen) atoms. The second-order valence-corrected chi connectivity index (χ2v) is 7.26. The first-order chi connectivity index (χ1) is 14.0. The lowest BCUT2D eigenvalue weighted by Gasteiger charge is -2.31. The molecule has 0 bridgehead atoms. The van der Waals surface area contributed by atoms with Crippen molar-refractivity contribution in [1.29, 1.82) is 0 Å². The summed E-state index contributed by atoms with van der Waals surface area (Å²) in [4.78, 5) is 30.6. The third kappa shape index (κ3) is 5.25. The number of ether oxygens (including phenoxy) is 1. The van der Waals surface area contributed by atoms with Gasteiger partial charge in [-0.3, -0.25) is 4.79 Å². The number of rotatable bonds is 5. The average Bonchev–Trinajstić information content (AvgIpc) is 2.71. The molecule has 0 radical (unpaired) electrons. The standard InChI is InChI=1S/C22H28N4O3/c1-4-29-22(28)26-12-9-18(10-13-26)24-19-14-17(8-11-23-19)21(27)25-20-15(2)6-5-7-16(20)3/h5-8,11,14,18H,4,9-10,12-13H2,1-3H3,(H,23,24)(H,25,27). The van der Waals surface area contributed by atoms with E-state index < -0.39 is 0 Å². The molecule has 0 spiro atoms. The zero-order chi connectivity index (χ0) is 20.8. The van der Waals surface area contributed by atoms with E-state index in [1.807, 2.05) is 32.0 Å². The van der Waals surface area contributed by atoms with Gasteiger partial charge in [-0.25, -0.2) is 9.78 Å². The summed E-state index contributed by atoms with van der Waals surface area (Å²) in [5, 5.41) is 6.39. The van der Waals surface area contributed by atoms with Crippen LogP contribution < -0.4 is 10.6 Å². The van der Waals surface area contributed by atoms with Crippen LogP contribution in [0.3, 0.4) is 0 Å². The van der Waals surface area contributed by atoms with Crippen LogP contribution in [0.2, 0.25) is 0 Å². The number of nitrogens with zero attached hydrogens (tertiary/aromatic N) is 2. The minimum atomic E-state index is -0.255. The zero-order valence-corrected chi connectivity index (χ0v) is 17.2. The van der Waals surface area contributed by atoms with Gasteiger partial charge < -0.3 is 20.3 Å². The zero-order valence-electron chi connectivity index (χ0n) is 17.2. The summed E-state index contributed by atoms with van der Waals surface area (Å²) in [6.45, 7) is 7.43. The van der Waals surface area contributed by atoms with Crippen molar-refractivity contribution < 1.29 is 14.3 Å². The van der Waals surface area contributed by atoms with Crippen molar-refractivity contribution in [2.24, 2.45) is 0 Å². The third-order valence-electron chi connectivity index (χ3n) is 5.11. The number of carbonyl (C=O) groups is 2. The molecule has 0 atom stereocenters. The molecule has 2 amide bonds. The maximum Gasteiger partial charge on any atom is 0.409 e. The maximum atomic E-state index is 12.7. The lowest BCUT2D eigenvalue weighted by atomic mass is 10.1. The number of piperidine rings is 1. The van der Waals surface area contributed by atoms with Crippen molar-refractivity contribution in [2.75, 3.05) is 30.3 Å². The van der Waals surface area contributed by atoms with Gasteiger partial charge in [-0.05, 0) is 56.9 Å². The minimum Gasteiger partial charge on any atom is -0.450 e. The van der Waals surface area contributed by atoms with Gasteiger partial charge in [0.1, 0.15) is 5.82 Å². The molecule has 1 saturated heterocycles. The van der Waals surface area contributed by atoms with Crippen molar-refractivity contribution in [1.82, 2.24) is 9.88 Å². The highest BCUT2D eigenvalue weighted by Crippen LogP contribution is 2.21. The normalized spacial score (nSPS) is 14.4. The van der Waals surface area contributed by atoms with Crippen LogP contribution in [0.25, 0.3) is 0 Å². The van der Waals surface area contributed by atoms with Gasteiger partial charge in [0.2, 0.25) is 0 Å². The fraction of sp³-hybridized carbons (Fsp3) is 0.409. The highest BCUT2D eigenvalue weighted by Gasteiger charge is 2.23. The number of para-hydroxylation sites is 1. The summed E-state index contributed by atoms with van der Waals surface area (Å²) in [5.41, 5.74) is 3.45. The molecule has 1 aliphatic heterocycles. The van der Waals surface area contributed by atoms with Crippen molar-refractivity contribution in [3.8, 4) is 0 Å². The number of hydrogen-bond donors (Lipinski definition) is 2. The molecular weight excluding hydrogens is 368 g/mol. The molecular formula is C22H28N4O3. The predicted octanol–water partition coefficient (Wildman–Crippen LogP) is 3.98. The number of anilines is 2. The number of benzene rings is 1. The molecule has 1 aromatic heterocycles. The van der Waals surface area contributed by atoms with Gasteiger partial charge >= 0.3 is 6.09 Å². The fourth-order valence-electron chi connectivity index (χ4n) is 3.48. The molecule has 3 rings (SSSR count). The van der Waals surface area contributed by atoms with Crippen LogP contribution in [0, 0.1) is 13.8 Å². The van der Waals surface area contributed by atoms with Crippen LogP contribution in [0.5, 0.6) is 0 Å². The fourth-order valence-corrected chi connectivity index (χ4v) is 3.48. The molecule has 7 heteroatoms. The Labute approximate surface area is 171 Å². The molecule has 1 aliphatic rings. The Morgan fingerprint density at radius 2 is 1.86 bits per heavy atom. The van der Waals surface area contributed by atoms with Crippen LogP contribution in [0.15, 0.2) is 36.5 Å². The summed E-state index contributed by atoms with van der Waals surface area (Å²) < 4.78 is 5.05. The van der Waals surface area contributed by atoms with Crippen molar-refractivity contribution in [3.63, 3.8) is 0 Å². The molecule has 2 aromatic rings. The molecule has 2 heterocycles. The smallest absolute Gasteiger partial charge is 0.409 e. The van der Waals surface area contributed by atoms with E-state index in [0.29, 0.717) is 31.1 Å². The number of hydrogen-bond acceptors (Lipinski definition) is 5. The van der Waals surface area contributed by atoms with Crippen molar-refractivity contribution >= 4 is 23.5 Å². The quantitative estimate of drug-likeness (QED) is 0.799. The van der Waals surface area contributed by atoms with Gasteiger partial charge in [0.05, 0.1) is 6.61 Å². The van der Waals surface area contributed by atoms with Crippen LogP contribution in [0.4, 0.5) is 16.3 Å². The molecule has 7 nitrogen and oxygen atoms in total. The molecule has 154 valence electrons. The Morgan fingerprint density at radius 1 is 1.17 bits per heavy atom. The molecule has 0 saturated carbocycles. The van der Waals surface area contributed by atoms with Crippen LogP contribution >= 0.6 is 0 Å². The van der Waals surface area contributed by atoms with Gasteiger partial charge in [0, 0.05) is 36.6 Å². The van der Waals surface area contributed by atoms with Crippen LogP contribution in [-0.2, 0) is 4.74 Å². The third-order valence-corrected chi connectivity index (χ3v) is 5.11. The second-order valence-electron chi connectivity index (χ2n) is 7.26. The minimum absolute atomic E-state index is 0.162. The molecule has 2 N–H and O–H groups in total. The number of amides is 2. The van der Waals surface area contributed by atoms with Crippen molar-refractivity contribution in [3.05, 3.63) is 53.2 Å². The number of pyridine rings is 1. The van der Waals surface area contributed by atoms with E-state index >= 15 is 0 Å². The first-order valence-corrected chi connectivity index (χ1v) is 9.99. The second kappa shape index (κ2) is 9.41. The summed E-state index contributed by atoms with van der Waals surface area (Å²) in [7, 11) is 0. The number of nitrogens with one attached hydrogen (secondary N) is 2. The van der Waals surface area contributed by atoms with Crippen LogP contribution in [0.1, 0.15) is 41.3 Å². The Balaban J connectivity index is 1.60. The lowest BCUT2D eigenvalue weighted by molar-refractivity contribution is 0.0981. The van der Waals surface area contributed by atoms with Gasteiger partial charge in [-0.15, -0.1) is 0 Å². The topological polar surface area (TPSA) is 83.6 Å². The Kier molecular flexibility index (Phi) is 6.69. The van der Waals surface area contributed by atoms with E-state index in [1.54, 1.807) is 30.2 Å². The molecule has 1 fully saturated rings. The Morgan fingerprint density at radius 3 is 2.52 bits per heavy atom.